The van der Waals surface area contributed by atoms with Gasteiger partial charge in [0.05, 0.1) is 16.8 Å². The van der Waals surface area contributed by atoms with Gasteiger partial charge in [0, 0.05) is 7.05 Å². The molecule has 0 aromatic heterocycles. The summed E-state index contributed by atoms with van der Waals surface area (Å²) in [6, 6.07) is 6.22. The lowest BCUT2D eigenvalue weighted by atomic mass is 10.2. The number of carboxylic acids is 1. The van der Waals surface area contributed by atoms with Crippen molar-refractivity contribution in [1.29, 1.82) is 0 Å². The van der Waals surface area contributed by atoms with Gasteiger partial charge in [-0.1, -0.05) is 0 Å². The van der Waals surface area contributed by atoms with E-state index in [1.165, 1.54) is 12.1 Å². The van der Waals surface area contributed by atoms with Crippen LogP contribution in [0.3, 0.4) is 0 Å². The molecule has 10 heteroatoms. The molecule has 0 aliphatic carbocycles. The number of aromatic carboxylic acids is 1. The molecule has 0 amide bonds. The predicted octanol–water partition coefficient (Wildman–Crippen LogP) is 2.93. The van der Waals surface area contributed by atoms with Crippen molar-refractivity contribution in [3.05, 3.63) is 53.6 Å². The average molecular weight is 375 g/mol. The van der Waals surface area contributed by atoms with Crippen LogP contribution in [0.2, 0.25) is 0 Å². The number of rotatable bonds is 4. The number of hydrogen-bond acceptors (Lipinski definition) is 4. The van der Waals surface area contributed by atoms with Crippen molar-refractivity contribution < 1.29 is 36.6 Å². The van der Waals surface area contributed by atoms with Crippen LogP contribution in [0.4, 0.5) is 18.9 Å². The molecule has 2 rings (SSSR count). The second kappa shape index (κ2) is 6.28. The van der Waals surface area contributed by atoms with Gasteiger partial charge in [-0.05, 0) is 42.5 Å². The molecule has 134 valence electrons. The smallest absolute Gasteiger partial charge is 0.416 e. The largest absolute Gasteiger partial charge is 0.507 e. The lowest BCUT2D eigenvalue weighted by Crippen LogP contribution is -2.27. The van der Waals surface area contributed by atoms with E-state index in [4.69, 9.17) is 5.11 Å². The Morgan fingerprint density at radius 3 is 2.12 bits per heavy atom. The Labute approximate surface area is 140 Å². The molecule has 0 saturated carbocycles. The van der Waals surface area contributed by atoms with E-state index in [1.807, 2.05) is 0 Å². The molecule has 0 bridgehead atoms. The number of aromatic hydroxyl groups is 1. The Bertz CT molecular complexity index is 908. The fraction of sp³-hybridized carbons (Fsp3) is 0.133. The Kier molecular flexibility index (Phi) is 4.67. The van der Waals surface area contributed by atoms with Crippen LogP contribution in [-0.2, 0) is 16.2 Å². The van der Waals surface area contributed by atoms with Gasteiger partial charge in [-0.25, -0.2) is 13.2 Å². The summed E-state index contributed by atoms with van der Waals surface area (Å²) in [5.41, 5.74) is -1.29. The summed E-state index contributed by atoms with van der Waals surface area (Å²) in [5.74, 6) is -2.05. The molecule has 0 aliphatic heterocycles. The number of sulfonamides is 1. The summed E-state index contributed by atoms with van der Waals surface area (Å²) in [6.07, 6.45) is -4.78. The molecule has 0 heterocycles. The van der Waals surface area contributed by atoms with Crippen LogP contribution in [0.1, 0.15) is 15.9 Å². The fourth-order valence-electron chi connectivity index (χ4n) is 2.00. The first-order chi connectivity index (χ1) is 11.4. The second-order valence-corrected chi connectivity index (χ2v) is 6.94. The van der Waals surface area contributed by atoms with Crippen LogP contribution in [0.5, 0.6) is 5.75 Å². The van der Waals surface area contributed by atoms with E-state index in [1.54, 1.807) is 0 Å². The number of hydrogen-bond donors (Lipinski definition) is 2. The second-order valence-electron chi connectivity index (χ2n) is 5.00. The molecule has 0 saturated heterocycles. The number of nitrogens with zero attached hydrogens (tertiary/aromatic N) is 1. The number of halogens is 3. The maximum atomic E-state index is 12.8. The Morgan fingerprint density at radius 2 is 1.64 bits per heavy atom. The molecule has 6 nitrogen and oxygen atoms in total. The normalized spacial score (nSPS) is 12.0. The molecule has 2 aromatic carbocycles. The van der Waals surface area contributed by atoms with E-state index < -0.39 is 38.4 Å². The quantitative estimate of drug-likeness (QED) is 0.857. The third-order valence-corrected chi connectivity index (χ3v) is 5.22. The standard InChI is InChI=1S/C15H12F3NO5S/c1-19(11-5-2-9(3-6-11)14(21)22)25(23,24)13-8-10(15(16,17)18)4-7-12(13)20/h2-8,20H,1H3,(H,21,22). The van der Waals surface area contributed by atoms with Gasteiger partial charge in [0.2, 0.25) is 0 Å². The zero-order valence-electron chi connectivity index (χ0n) is 12.6. The summed E-state index contributed by atoms with van der Waals surface area (Å²) in [5, 5.41) is 18.5. The van der Waals surface area contributed by atoms with Gasteiger partial charge in [-0.15, -0.1) is 0 Å². The maximum absolute atomic E-state index is 12.8. The number of carboxylic acid groups (broad SMARTS) is 1. The predicted molar refractivity (Wildman–Crippen MR) is 82.1 cm³/mol. The molecular formula is C15H12F3NO5S. The van der Waals surface area contributed by atoms with E-state index in [0.717, 1.165) is 19.2 Å². The number of phenols is 1. The minimum Gasteiger partial charge on any atom is -0.507 e. The topological polar surface area (TPSA) is 94.9 Å². The monoisotopic (exact) mass is 375 g/mol. The van der Waals surface area contributed by atoms with Crippen LogP contribution in [-0.4, -0.2) is 31.6 Å². The van der Waals surface area contributed by atoms with Gasteiger partial charge in [-0.3, -0.25) is 4.31 Å². The van der Waals surface area contributed by atoms with Gasteiger partial charge in [0.1, 0.15) is 10.6 Å². The van der Waals surface area contributed by atoms with E-state index in [9.17, 15) is 31.5 Å². The Balaban J connectivity index is 2.49. The zero-order chi connectivity index (χ0) is 19.0. The first kappa shape index (κ1) is 18.6. The first-order valence-corrected chi connectivity index (χ1v) is 8.11. The zero-order valence-corrected chi connectivity index (χ0v) is 13.5. The molecular weight excluding hydrogens is 363 g/mol. The fourth-order valence-corrected chi connectivity index (χ4v) is 3.30. The highest BCUT2D eigenvalue weighted by molar-refractivity contribution is 7.92. The molecule has 0 aliphatic rings. The minimum atomic E-state index is -4.78. The first-order valence-electron chi connectivity index (χ1n) is 6.67. The van der Waals surface area contributed by atoms with E-state index in [-0.39, 0.29) is 11.3 Å². The van der Waals surface area contributed by atoms with Gasteiger partial charge in [0.15, 0.2) is 0 Å². The average Bonchev–Trinajstić information content (AvgIpc) is 2.53. The van der Waals surface area contributed by atoms with Crippen LogP contribution in [0.25, 0.3) is 0 Å². The molecule has 2 N–H and O–H groups in total. The van der Waals surface area contributed by atoms with Crippen molar-refractivity contribution in [2.75, 3.05) is 11.4 Å². The van der Waals surface area contributed by atoms with E-state index in [0.29, 0.717) is 22.5 Å². The highest BCUT2D eigenvalue weighted by Crippen LogP contribution is 2.35. The van der Waals surface area contributed by atoms with Crippen LogP contribution in [0, 0.1) is 0 Å². The van der Waals surface area contributed by atoms with E-state index in [2.05, 4.69) is 0 Å². The molecule has 0 fully saturated rings. The third kappa shape index (κ3) is 3.68. The van der Waals surface area contributed by atoms with Gasteiger partial charge in [-0.2, -0.15) is 13.2 Å². The van der Waals surface area contributed by atoms with Crippen molar-refractivity contribution in [3.8, 4) is 5.75 Å². The number of phenolic OH excluding ortho intramolecular Hbond substituents is 1. The van der Waals surface area contributed by atoms with Gasteiger partial charge >= 0.3 is 12.1 Å². The van der Waals surface area contributed by atoms with Gasteiger partial charge < -0.3 is 10.2 Å². The summed E-state index contributed by atoms with van der Waals surface area (Å²) in [4.78, 5) is 9.90. The third-order valence-electron chi connectivity index (χ3n) is 3.40. The van der Waals surface area contributed by atoms with Crippen molar-refractivity contribution >= 4 is 21.7 Å². The molecule has 25 heavy (non-hydrogen) atoms. The van der Waals surface area contributed by atoms with Crippen LogP contribution < -0.4 is 4.31 Å². The number of benzene rings is 2. The van der Waals surface area contributed by atoms with Crippen molar-refractivity contribution in [1.82, 2.24) is 0 Å². The van der Waals surface area contributed by atoms with Crippen molar-refractivity contribution in [3.63, 3.8) is 0 Å². The van der Waals surface area contributed by atoms with E-state index >= 15 is 0 Å². The number of alkyl halides is 3. The molecule has 0 spiro atoms. The Morgan fingerprint density at radius 1 is 1.08 bits per heavy atom. The maximum Gasteiger partial charge on any atom is 0.416 e. The SMILES string of the molecule is CN(c1ccc(C(=O)O)cc1)S(=O)(=O)c1cc(C(F)(F)F)ccc1O. The lowest BCUT2D eigenvalue weighted by molar-refractivity contribution is -0.137. The van der Waals surface area contributed by atoms with Crippen LogP contribution in [0.15, 0.2) is 47.4 Å². The number of anilines is 1. The number of carbonyl (C=O) groups is 1. The lowest BCUT2D eigenvalue weighted by Gasteiger charge is -2.21. The molecule has 0 atom stereocenters. The summed E-state index contributed by atoms with van der Waals surface area (Å²) < 4.78 is 64.1. The van der Waals surface area contributed by atoms with Crippen molar-refractivity contribution in [2.45, 2.75) is 11.1 Å². The summed E-state index contributed by atoms with van der Waals surface area (Å²) in [6.45, 7) is 0. The molecule has 0 unspecified atom stereocenters. The highest BCUT2D eigenvalue weighted by atomic mass is 32.2. The summed E-state index contributed by atoms with van der Waals surface area (Å²) >= 11 is 0. The van der Waals surface area contributed by atoms with Crippen LogP contribution >= 0.6 is 0 Å². The summed E-state index contributed by atoms with van der Waals surface area (Å²) in [7, 11) is -3.43. The van der Waals surface area contributed by atoms with Gasteiger partial charge in [0.25, 0.3) is 10.0 Å². The minimum absolute atomic E-state index is 0.0156. The Hall–Kier alpha value is -2.75. The molecule has 0 radical (unpaired) electrons. The highest BCUT2D eigenvalue weighted by Gasteiger charge is 2.34. The molecule has 2 aromatic rings. The van der Waals surface area contributed by atoms with Crippen molar-refractivity contribution in [2.24, 2.45) is 0 Å².